The summed E-state index contributed by atoms with van der Waals surface area (Å²) in [5.41, 5.74) is 0.498. The highest BCUT2D eigenvalue weighted by atomic mass is 32.1. The summed E-state index contributed by atoms with van der Waals surface area (Å²) in [5, 5.41) is 6.67. The summed E-state index contributed by atoms with van der Waals surface area (Å²) in [5.74, 6) is 0.492. The monoisotopic (exact) mass is 361 g/mol. The van der Waals surface area contributed by atoms with Crippen LogP contribution in [0.5, 0.6) is 5.75 Å². The fourth-order valence-corrected chi connectivity index (χ4v) is 4.61. The smallest absolute Gasteiger partial charge is 0.123 e. The Labute approximate surface area is 152 Å². The van der Waals surface area contributed by atoms with Gasteiger partial charge in [-0.05, 0) is 62.0 Å². The number of piperidine rings is 1. The molecule has 1 aliphatic carbocycles. The lowest BCUT2D eigenvalue weighted by molar-refractivity contribution is 0.162. The fourth-order valence-electron chi connectivity index (χ4n) is 3.97. The molecule has 2 fully saturated rings. The molecule has 6 heteroatoms. The zero-order valence-corrected chi connectivity index (χ0v) is 15.1. The summed E-state index contributed by atoms with van der Waals surface area (Å²) in [6.07, 6.45) is 5.70. The zero-order chi connectivity index (χ0) is 17.1. The summed E-state index contributed by atoms with van der Waals surface area (Å²) < 4.78 is 18.8. The van der Waals surface area contributed by atoms with Crippen molar-refractivity contribution in [3.63, 3.8) is 0 Å². The Morgan fingerprint density at radius 2 is 2.08 bits per heavy atom. The average molecular weight is 361 g/mol. The number of rotatable bonds is 7. The minimum Gasteiger partial charge on any atom is -0.492 e. The van der Waals surface area contributed by atoms with Gasteiger partial charge in [0.05, 0.1) is 6.54 Å². The SMILES string of the molecule is Fc1ccc(OCCN(Cc2nccs2)[C@H]2CC23CCNCC3)cc1. The molecule has 1 aromatic carbocycles. The number of benzene rings is 1. The van der Waals surface area contributed by atoms with Crippen LogP contribution in [0, 0.1) is 11.2 Å². The van der Waals surface area contributed by atoms with Crippen molar-refractivity contribution in [2.45, 2.75) is 31.8 Å². The summed E-state index contributed by atoms with van der Waals surface area (Å²) >= 11 is 1.72. The summed E-state index contributed by atoms with van der Waals surface area (Å²) in [7, 11) is 0. The molecule has 1 atom stereocenters. The Kier molecular flexibility index (Phi) is 5.01. The van der Waals surface area contributed by atoms with Crippen LogP contribution in [0.4, 0.5) is 4.39 Å². The van der Waals surface area contributed by atoms with Gasteiger partial charge in [0.15, 0.2) is 0 Å². The van der Waals surface area contributed by atoms with E-state index in [0.717, 1.165) is 36.9 Å². The van der Waals surface area contributed by atoms with Crippen molar-refractivity contribution in [3.05, 3.63) is 46.7 Å². The number of nitrogens with zero attached hydrogens (tertiary/aromatic N) is 2. The van der Waals surface area contributed by atoms with E-state index in [2.05, 4.69) is 15.2 Å². The Balaban J connectivity index is 1.36. The molecular formula is C19H24FN3OS. The van der Waals surface area contributed by atoms with E-state index in [1.165, 1.54) is 31.4 Å². The molecule has 1 spiro atoms. The van der Waals surface area contributed by atoms with E-state index in [9.17, 15) is 4.39 Å². The minimum atomic E-state index is -0.233. The van der Waals surface area contributed by atoms with Crippen LogP contribution in [0.25, 0.3) is 0 Å². The average Bonchev–Trinajstić information content (AvgIpc) is 3.06. The van der Waals surface area contributed by atoms with Gasteiger partial charge >= 0.3 is 0 Å². The van der Waals surface area contributed by atoms with Crippen molar-refractivity contribution in [2.24, 2.45) is 5.41 Å². The quantitative estimate of drug-likeness (QED) is 0.821. The highest BCUT2D eigenvalue weighted by Crippen LogP contribution is 2.55. The summed E-state index contributed by atoms with van der Waals surface area (Å²) in [6.45, 7) is 4.64. The number of nitrogens with one attached hydrogen (secondary N) is 1. The summed E-state index contributed by atoms with van der Waals surface area (Å²) in [4.78, 5) is 6.99. The Bertz CT molecular complexity index is 670. The zero-order valence-electron chi connectivity index (χ0n) is 14.3. The lowest BCUT2D eigenvalue weighted by Crippen LogP contribution is -2.37. The molecule has 2 aliphatic rings. The number of hydrogen-bond acceptors (Lipinski definition) is 5. The van der Waals surface area contributed by atoms with E-state index < -0.39 is 0 Å². The molecule has 0 unspecified atom stereocenters. The largest absolute Gasteiger partial charge is 0.492 e. The van der Waals surface area contributed by atoms with Gasteiger partial charge in [0.1, 0.15) is 23.2 Å². The minimum absolute atomic E-state index is 0.233. The van der Waals surface area contributed by atoms with Crippen molar-refractivity contribution < 1.29 is 9.13 Å². The van der Waals surface area contributed by atoms with Gasteiger partial charge in [0.2, 0.25) is 0 Å². The lowest BCUT2D eigenvalue weighted by Gasteiger charge is -2.29. The van der Waals surface area contributed by atoms with Crippen molar-refractivity contribution in [2.75, 3.05) is 26.2 Å². The van der Waals surface area contributed by atoms with Gasteiger partial charge in [-0.25, -0.2) is 9.37 Å². The number of ether oxygens (including phenoxy) is 1. The Morgan fingerprint density at radius 3 is 2.80 bits per heavy atom. The first-order valence-electron chi connectivity index (χ1n) is 8.97. The number of aromatic nitrogens is 1. The molecule has 2 heterocycles. The van der Waals surface area contributed by atoms with Gasteiger partial charge in [-0.2, -0.15) is 0 Å². The van der Waals surface area contributed by atoms with E-state index in [4.69, 9.17) is 4.74 Å². The van der Waals surface area contributed by atoms with Crippen molar-refractivity contribution >= 4 is 11.3 Å². The third kappa shape index (κ3) is 4.02. The van der Waals surface area contributed by atoms with Gasteiger partial charge in [0, 0.05) is 24.2 Å². The number of hydrogen-bond donors (Lipinski definition) is 1. The molecule has 1 aliphatic heterocycles. The van der Waals surface area contributed by atoms with E-state index in [1.54, 1.807) is 23.5 Å². The molecule has 0 radical (unpaired) electrons. The van der Waals surface area contributed by atoms with Crippen LogP contribution in [-0.4, -0.2) is 42.2 Å². The maximum atomic E-state index is 13.0. The Hall–Kier alpha value is -1.50. The van der Waals surface area contributed by atoms with Crippen molar-refractivity contribution in [1.29, 1.82) is 0 Å². The van der Waals surface area contributed by atoms with Gasteiger partial charge in [-0.1, -0.05) is 0 Å². The molecule has 4 nitrogen and oxygen atoms in total. The molecule has 0 amide bonds. The Morgan fingerprint density at radius 1 is 1.28 bits per heavy atom. The second kappa shape index (κ2) is 7.40. The van der Waals surface area contributed by atoms with Crippen LogP contribution in [-0.2, 0) is 6.54 Å². The standard InChI is InChI=1S/C19H24FN3OS/c20-15-1-3-16(4-2-15)24-11-10-23(14-18-22-9-12-25-18)17-13-19(17)5-7-21-8-6-19/h1-4,9,12,17,21H,5-8,10-11,13-14H2/t17-/m0/s1. The molecule has 1 saturated carbocycles. The van der Waals surface area contributed by atoms with Gasteiger partial charge < -0.3 is 10.1 Å². The van der Waals surface area contributed by atoms with Crippen LogP contribution in [0.1, 0.15) is 24.3 Å². The van der Waals surface area contributed by atoms with E-state index in [-0.39, 0.29) is 5.82 Å². The molecule has 0 bridgehead atoms. The van der Waals surface area contributed by atoms with Gasteiger partial charge in [-0.3, -0.25) is 4.90 Å². The van der Waals surface area contributed by atoms with Crippen LogP contribution in [0.3, 0.4) is 0 Å². The second-order valence-electron chi connectivity index (χ2n) is 7.03. The van der Waals surface area contributed by atoms with Crippen LogP contribution < -0.4 is 10.1 Å². The predicted octanol–water partition coefficient (Wildman–Crippen LogP) is 3.31. The molecule has 1 N–H and O–H groups in total. The molecule has 2 aromatic rings. The van der Waals surface area contributed by atoms with Crippen molar-refractivity contribution in [1.82, 2.24) is 15.2 Å². The van der Waals surface area contributed by atoms with Gasteiger partial charge in [-0.15, -0.1) is 11.3 Å². The number of halogens is 1. The molecule has 1 aromatic heterocycles. The lowest BCUT2D eigenvalue weighted by atomic mass is 9.93. The first-order chi connectivity index (χ1) is 12.3. The van der Waals surface area contributed by atoms with E-state index in [1.807, 2.05) is 11.6 Å². The molecule has 1 saturated heterocycles. The number of thiazole rings is 1. The van der Waals surface area contributed by atoms with Gasteiger partial charge in [0.25, 0.3) is 0 Å². The highest BCUT2D eigenvalue weighted by Gasteiger charge is 2.56. The predicted molar refractivity (Wildman–Crippen MR) is 97.4 cm³/mol. The third-order valence-electron chi connectivity index (χ3n) is 5.47. The van der Waals surface area contributed by atoms with Crippen LogP contribution >= 0.6 is 11.3 Å². The van der Waals surface area contributed by atoms with Crippen LogP contribution in [0.2, 0.25) is 0 Å². The highest BCUT2D eigenvalue weighted by molar-refractivity contribution is 7.09. The maximum Gasteiger partial charge on any atom is 0.123 e. The molecule has 134 valence electrons. The molecular weight excluding hydrogens is 337 g/mol. The first kappa shape index (κ1) is 16.9. The molecule has 25 heavy (non-hydrogen) atoms. The third-order valence-corrected chi connectivity index (χ3v) is 6.23. The normalized spacial score (nSPS) is 21.6. The summed E-state index contributed by atoms with van der Waals surface area (Å²) in [6, 6.07) is 6.88. The first-order valence-corrected chi connectivity index (χ1v) is 9.85. The maximum absolute atomic E-state index is 13.0. The fraction of sp³-hybridized carbons (Fsp3) is 0.526. The van der Waals surface area contributed by atoms with E-state index >= 15 is 0 Å². The molecule has 4 rings (SSSR count). The topological polar surface area (TPSA) is 37.4 Å². The van der Waals surface area contributed by atoms with E-state index in [0.29, 0.717) is 18.1 Å². The van der Waals surface area contributed by atoms with Crippen molar-refractivity contribution in [3.8, 4) is 5.75 Å². The second-order valence-corrected chi connectivity index (χ2v) is 8.01. The van der Waals surface area contributed by atoms with Crippen LogP contribution in [0.15, 0.2) is 35.8 Å².